The molecule has 0 unspecified atom stereocenters. The lowest BCUT2D eigenvalue weighted by molar-refractivity contribution is -0.345. The number of anilines is 2. The van der Waals surface area contributed by atoms with E-state index in [-0.39, 0.29) is 12.8 Å². The van der Waals surface area contributed by atoms with Crippen LogP contribution in [0, 0.1) is 0 Å². The highest BCUT2D eigenvalue weighted by Crippen LogP contribution is 2.54. The van der Waals surface area contributed by atoms with Gasteiger partial charge in [0.05, 0.1) is 25.3 Å². The van der Waals surface area contributed by atoms with E-state index >= 15 is 0 Å². The maximum absolute atomic E-state index is 15.0. The van der Waals surface area contributed by atoms with E-state index in [0.29, 0.717) is 82.1 Å². The number of nitrogens with one attached hydrogen (secondary N) is 2. The number of thiophene rings is 2. The SMILES string of the molecule is COC(=O)c1c(NC(=O)C(F)(F)C(F)(F)C(F)(F)C(F)(F)C(=O)Nc2sc3c(c2C(=O)OC)CCCCCC3)sc2c1CCCCCC2. The lowest BCUT2D eigenvalue weighted by Crippen LogP contribution is -2.67. The molecule has 0 bridgehead atoms. The maximum atomic E-state index is 15.0. The van der Waals surface area contributed by atoms with Gasteiger partial charge in [0, 0.05) is 9.75 Å². The van der Waals surface area contributed by atoms with Crippen LogP contribution in [0.1, 0.15) is 93.0 Å². The van der Waals surface area contributed by atoms with E-state index in [1.54, 1.807) is 0 Å². The van der Waals surface area contributed by atoms with Gasteiger partial charge in [-0.1, -0.05) is 25.7 Å². The fourth-order valence-electron chi connectivity index (χ4n) is 5.69. The zero-order valence-electron chi connectivity index (χ0n) is 25.8. The van der Waals surface area contributed by atoms with Gasteiger partial charge in [0.15, 0.2) is 0 Å². The molecule has 0 saturated carbocycles. The lowest BCUT2D eigenvalue weighted by atomic mass is 9.95. The van der Waals surface area contributed by atoms with Gasteiger partial charge in [0.25, 0.3) is 0 Å². The monoisotopic (exact) mass is 732 g/mol. The van der Waals surface area contributed by atoms with Gasteiger partial charge in [-0.2, -0.15) is 35.1 Å². The van der Waals surface area contributed by atoms with E-state index in [0.717, 1.165) is 39.9 Å². The molecular weight excluding hydrogens is 700 g/mol. The topological polar surface area (TPSA) is 111 Å². The van der Waals surface area contributed by atoms with Crippen molar-refractivity contribution in [3.05, 3.63) is 32.0 Å². The summed E-state index contributed by atoms with van der Waals surface area (Å²) in [5.74, 6) is -35.9. The highest BCUT2D eigenvalue weighted by molar-refractivity contribution is 7.17. The molecule has 2 N–H and O–H groups in total. The van der Waals surface area contributed by atoms with Gasteiger partial charge in [-0.3, -0.25) is 9.59 Å². The molecule has 0 radical (unpaired) electrons. The molecule has 8 nitrogen and oxygen atoms in total. The van der Waals surface area contributed by atoms with E-state index < -0.39 is 68.6 Å². The fourth-order valence-corrected chi connectivity index (χ4v) is 8.24. The summed E-state index contributed by atoms with van der Waals surface area (Å²) < 4.78 is 129. The Balaban J connectivity index is 1.64. The molecule has 0 saturated heterocycles. The van der Waals surface area contributed by atoms with E-state index in [1.807, 2.05) is 0 Å². The summed E-state index contributed by atoms with van der Waals surface area (Å²) >= 11 is 1.15. The molecule has 0 fully saturated rings. The average molecular weight is 733 g/mol. The number of aryl methyl sites for hydroxylation is 2. The van der Waals surface area contributed by atoms with Crippen LogP contribution in [0.5, 0.6) is 0 Å². The van der Waals surface area contributed by atoms with Gasteiger partial charge in [0.2, 0.25) is 0 Å². The van der Waals surface area contributed by atoms with Crippen LogP contribution in [0.2, 0.25) is 0 Å². The van der Waals surface area contributed by atoms with Crippen molar-refractivity contribution in [1.29, 1.82) is 0 Å². The third kappa shape index (κ3) is 6.65. The summed E-state index contributed by atoms with van der Waals surface area (Å²) in [6, 6.07) is 0. The smallest absolute Gasteiger partial charge is 0.393 e. The first kappa shape index (κ1) is 37.5. The number of carbonyl (C=O) groups excluding carboxylic acids is 4. The molecule has 2 aromatic rings. The number of hydrogen-bond donors (Lipinski definition) is 2. The van der Waals surface area contributed by atoms with Crippen molar-refractivity contribution in [2.24, 2.45) is 0 Å². The molecule has 2 amide bonds. The first-order valence-electron chi connectivity index (χ1n) is 15.0. The van der Waals surface area contributed by atoms with Crippen LogP contribution >= 0.6 is 22.7 Å². The van der Waals surface area contributed by atoms with Crippen molar-refractivity contribution < 1.29 is 63.8 Å². The summed E-state index contributed by atoms with van der Waals surface area (Å²) in [4.78, 5) is 51.0. The zero-order chi connectivity index (χ0) is 35.7. The molecular formula is C30H32F8N2O6S2. The number of carbonyl (C=O) groups is 4. The van der Waals surface area contributed by atoms with E-state index in [4.69, 9.17) is 0 Å². The van der Waals surface area contributed by atoms with Crippen molar-refractivity contribution >= 4 is 56.4 Å². The molecule has 2 aliphatic rings. The lowest BCUT2D eigenvalue weighted by Gasteiger charge is -2.35. The molecule has 2 aromatic heterocycles. The highest BCUT2D eigenvalue weighted by atomic mass is 32.1. The van der Waals surface area contributed by atoms with Crippen LogP contribution in [-0.4, -0.2) is 61.7 Å². The average Bonchev–Trinajstić information content (AvgIpc) is 3.51. The standard InChI is InChI=1S/C30H32F8N2O6S2/c1-45-23(41)19-15-11-7-3-5-9-13-17(15)47-21(19)39-25(43)27(31,32)29(35,36)30(37,38)28(33,34)26(44)40-22-20(24(42)46-2)16-12-8-4-6-10-14-18(16)48-22/h3-14H2,1-2H3,(H,39,43)(H,40,44). The first-order valence-corrected chi connectivity index (χ1v) is 16.7. The predicted octanol–water partition coefficient (Wildman–Crippen LogP) is 7.82. The maximum Gasteiger partial charge on any atom is 0.393 e. The Morgan fingerprint density at radius 1 is 0.542 bits per heavy atom. The number of esters is 2. The Morgan fingerprint density at radius 2 is 0.854 bits per heavy atom. The van der Waals surface area contributed by atoms with Gasteiger partial charge in [0.1, 0.15) is 10.0 Å². The van der Waals surface area contributed by atoms with Crippen LogP contribution in [0.3, 0.4) is 0 Å². The van der Waals surface area contributed by atoms with E-state index in [1.165, 1.54) is 10.6 Å². The summed E-state index contributed by atoms with van der Waals surface area (Å²) in [6.45, 7) is 0. The Bertz CT molecular complexity index is 1460. The van der Waals surface area contributed by atoms with Crippen molar-refractivity contribution in [2.45, 2.75) is 101 Å². The molecule has 2 aliphatic carbocycles. The van der Waals surface area contributed by atoms with Gasteiger partial charge in [-0.05, 0) is 62.5 Å². The summed E-state index contributed by atoms with van der Waals surface area (Å²) in [7, 11) is 1.86. The second-order valence-electron chi connectivity index (χ2n) is 11.4. The van der Waals surface area contributed by atoms with Crippen molar-refractivity contribution in [1.82, 2.24) is 0 Å². The number of alkyl halides is 8. The Hall–Kier alpha value is -3.28. The number of halogens is 8. The van der Waals surface area contributed by atoms with Gasteiger partial charge < -0.3 is 20.1 Å². The molecule has 266 valence electrons. The van der Waals surface area contributed by atoms with Gasteiger partial charge >= 0.3 is 47.4 Å². The number of fused-ring (bicyclic) bond motifs is 2. The minimum absolute atomic E-state index is 0.239. The Kier molecular flexibility index (Phi) is 11.2. The van der Waals surface area contributed by atoms with Crippen molar-refractivity contribution in [2.75, 3.05) is 24.9 Å². The molecule has 18 heteroatoms. The fraction of sp³-hybridized carbons (Fsp3) is 0.600. The number of hydrogen-bond acceptors (Lipinski definition) is 8. The molecule has 0 atom stereocenters. The summed E-state index contributed by atoms with van der Waals surface area (Å²) in [6.07, 6.45) is 6.51. The zero-order valence-corrected chi connectivity index (χ0v) is 27.4. The minimum Gasteiger partial charge on any atom is -0.465 e. The first-order chi connectivity index (χ1) is 22.4. The molecule has 4 rings (SSSR count). The molecule has 48 heavy (non-hydrogen) atoms. The van der Waals surface area contributed by atoms with E-state index in [9.17, 15) is 54.3 Å². The van der Waals surface area contributed by atoms with Crippen LogP contribution < -0.4 is 10.6 Å². The summed E-state index contributed by atoms with van der Waals surface area (Å²) in [5.41, 5.74) is -0.263. The summed E-state index contributed by atoms with van der Waals surface area (Å²) in [5, 5.41) is 1.29. The van der Waals surface area contributed by atoms with Crippen molar-refractivity contribution in [3.63, 3.8) is 0 Å². The molecule has 0 spiro atoms. The largest absolute Gasteiger partial charge is 0.465 e. The number of methoxy groups -OCH3 is 2. The van der Waals surface area contributed by atoms with Crippen LogP contribution in [0.25, 0.3) is 0 Å². The third-order valence-electron chi connectivity index (χ3n) is 8.33. The number of amides is 2. The van der Waals surface area contributed by atoms with Crippen LogP contribution in [0.15, 0.2) is 0 Å². The molecule has 0 aromatic carbocycles. The van der Waals surface area contributed by atoms with Crippen molar-refractivity contribution in [3.8, 4) is 0 Å². The number of rotatable bonds is 9. The van der Waals surface area contributed by atoms with Gasteiger partial charge in [-0.25, -0.2) is 9.59 Å². The van der Waals surface area contributed by atoms with Crippen LogP contribution in [0.4, 0.5) is 45.1 Å². The third-order valence-corrected chi connectivity index (χ3v) is 10.7. The van der Waals surface area contributed by atoms with E-state index in [2.05, 4.69) is 9.47 Å². The Labute approximate surface area is 277 Å². The highest BCUT2D eigenvalue weighted by Gasteiger charge is 2.84. The predicted molar refractivity (Wildman–Crippen MR) is 160 cm³/mol. The molecule has 2 heterocycles. The second-order valence-corrected chi connectivity index (χ2v) is 13.6. The van der Waals surface area contributed by atoms with Gasteiger partial charge in [-0.15, -0.1) is 22.7 Å². The number of ether oxygens (including phenoxy) is 2. The molecule has 0 aliphatic heterocycles. The quantitative estimate of drug-likeness (QED) is 0.201. The second kappa shape index (κ2) is 14.3. The Morgan fingerprint density at radius 3 is 1.17 bits per heavy atom. The normalized spacial score (nSPS) is 16.3. The minimum atomic E-state index is -7.15. The van der Waals surface area contributed by atoms with Crippen LogP contribution in [-0.2, 0) is 44.7 Å².